The van der Waals surface area contributed by atoms with Crippen molar-refractivity contribution in [3.05, 3.63) is 30.0 Å². The molecule has 3 rings (SSSR count). The van der Waals surface area contributed by atoms with Gasteiger partial charge in [-0.3, -0.25) is 4.79 Å². The average molecular weight is 426 g/mol. The first kappa shape index (κ1) is 19.7. The molecule has 0 aliphatic rings. The number of thiazole rings is 1. The SMILES string of the molecule is CC(=O)Nc1nc(C)c(S(=O)(=O)NCCCNc2nsc3ccccc23)s1. The van der Waals surface area contributed by atoms with E-state index < -0.39 is 10.0 Å². The molecule has 3 N–H and O–H groups in total. The number of sulfonamides is 1. The summed E-state index contributed by atoms with van der Waals surface area (Å²) in [6.07, 6.45) is 0.599. The molecule has 0 saturated carbocycles. The molecule has 0 saturated heterocycles. The summed E-state index contributed by atoms with van der Waals surface area (Å²) in [6, 6.07) is 7.95. The molecular formula is C16H19N5O3S3. The van der Waals surface area contributed by atoms with E-state index in [0.29, 0.717) is 18.7 Å². The molecule has 0 radical (unpaired) electrons. The quantitative estimate of drug-likeness (QED) is 0.478. The van der Waals surface area contributed by atoms with Crippen molar-refractivity contribution in [3.63, 3.8) is 0 Å². The summed E-state index contributed by atoms with van der Waals surface area (Å²) in [4.78, 5) is 15.2. The van der Waals surface area contributed by atoms with Gasteiger partial charge in [0.15, 0.2) is 9.34 Å². The Labute approximate surface area is 165 Å². The molecular weight excluding hydrogens is 406 g/mol. The van der Waals surface area contributed by atoms with Gasteiger partial charge in [-0.25, -0.2) is 18.1 Å². The van der Waals surface area contributed by atoms with Crippen molar-refractivity contribution in [2.45, 2.75) is 24.5 Å². The number of rotatable bonds is 8. The van der Waals surface area contributed by atoms with E-state index in [0.717, 1.165) is 27.2 Å². The van der Waals surface area contributed by atoms with Gasteiger partial charge in [0.25, 0.3) is 10.0 Å². The number of aromatic nitrogens is 2. The molecule has 8 nitrogen and oxygen atoms in total. The van der Waals surface area contributed by atoms with Crippen LogP contribution >= 0.6 is 22.9 Å². The minimum absolute atomic E-state index is 0.115. The van der Waals surface area contributed by atoms with Gasteiger partial charge in [0.1, 0.15) is 5.82 Å². The van der Waals surface area contributed by atoms with Crippen molar-refractivity contribution in [1.82, 2.24) is 14.1 Å². The fourth-order valence-electron chi connectivity index (χ4n) is 2.42. The number of nitrogens with one attached hydrogen (secondary N) is 3. The number of hydrogen-bond acceptors (Lipinski definition) is 8. The van der Waals surface area contributed by atoms with Gasteiger partial charge in [-0.15, -0.1) is 0 Å². The molecule has 0 aliphatic carbocycles. The van der Waals surface area contributed by atoms with Crippen molar-refractivity contribution in [1.29, 1.82) is 0 Å². The smallest absolute Gasteiger partial charge is 0.252 e. The van der Waals surface area contributed by atoms with E-state index in [1.54, 1.807) is 6.92 Å². The van der Waals surface area contributed by atoms with Crippen LogP contribution in [0.5, 0.6) is 0 Å². The zero-order chi connectivity index (χ0) is 19.4. The van der Waals surface area contributed by atoms with Crippen LogP contribution in [0.3, 0.4) is 0 Å². The van der Waals surface area contributed by atoms with Crippen molar-refractivity contribution in [2.24, 2.45) is 0 Å². The second-order valence-corrected chi connectivity index (χ2v) is 9.54. The van der Waals surface area contributed by atoms with Crippen LogP contribution in [0.15, 0.2) is 28.5 Å². The maximum atomic E-state index is 12.4. The third kappa shape index (κ3) is 4.80. The van der Waals surface area contributed by atoms with Gasteiger partial charge in [0, 0.05) is 25.4 Å². The van der Waals surface area contributed by atoms with E-state index in [1.165, 1.54) is 18.5 Å². The largest absolute Gasteiger partial charge is 0.369 e. The number of aryl methyl sites for hydroxylation is 1. The second-order valence-electron chi connectivity index (χ2n) is 5.78. The first-order valence-electron chi connectivity index (χ1n) is 8.20. The molecule has 0 spiro atoms. The average Bonchev–Trinajstić information content (AvgIpc) is 3.18. The summed E-state index contributed by atoms with van der Waals surface area (Å²) in [7, 11) is -3.66. The highest BCUT2D eigenvalue weighted by molar-refractivity contribution is 7.91. The first-order chi connectivity index (χ1) is 12.9. The zero-order valence-corrected chi connectivity index (χ0v) is 17.2. The highest BCUT2D eigenvalue weighted by Gasteiger charge is 2.21. The van der Waals surface area contributed by atoms with E-state index in [1.807, 2.05) is 24.3 Å². The number of carbonyl (C=O) groups is 1. The summed E-state index contributed by atoms with van der Waals surface area (Å²) < 4.78 is 33.0. The predicted octanol–water partition coefficient (Wildman–Crippen LogP) is 2.80. The Hall–Kier alpha value is -2.08. The Morgan fingerprint density at radius 2 is 2.00 bits per heavy atom. The van der Waals surface area contributed by atoms with Crippen LogP contribution in [0.25, 0.3) is 10.1 Å². The number of fused-ring (bicyclic) bond motifs is 1. The fraction of sp³-hybridized carbons (Fsp3) is 0.312. The van der Waals surface area contributed by atoms with E-state index in [9.17, 15) is 13.2 Å². The monoisotopic (exact) mass is 425 g/mol. The maximum Gasteiger partial charge on any atom is 0.252 e. The predicted molar refractivity (Wildman–Crippen MR) is 109 cm³/mol. The molecule has 27 heavy (non-hydrogen) atoms. The molecule has 2 aromatic heterocycles. The van der Waals surface area contributed by atoms with Gasteiger partial charge >= 0.3 is 0 Å². The third-order valence-corrected chi connectivity index (χ3v) is 7.57. The summed E-state index contributed by atoms with van der Waals surface area (Å²) >= 11 is 2.37. The summed E-state index contributed by atoms with van der Waals surface area (Å²) in [6.45, 7) is 3.83. The number of anilines is 2. The van der Waals surface area contributed by atoms with Crippen LogP contribution in [0, 0.1) is 6.92 Å². The Morgan fingerprint density at radius 3 is 2.78 bits per heavy atom. The number of nitrogens with zero attached hydrogens (tertiary/aromatic N) is 2. The topological polar surface area (TPSA) is 113 Å². The molecule has 0 fully saturated rings. The van der Waals surface area contributed by atoms with Crippen LogP contribution in [0.2, 0.25) is 0 Å². The molecule has 2 heterocycles. The number of benzene rings is 1. The Bertz CT molecular complexity index is 1060. The van der Waals surface area contributed by atoms with E-state index in [4.69, 9.17) is 0 Å². The van der Waals surface area contributed by atoms with E-state index in [-0.39, 0.29) is 21.8 Å². The number of hydrogen-bond donors (Lipinski definition) is 3. The highest BCUT2D eigenvalue weighted by Crippen LogP contribution is 2.27. The van der Waals surface area contributed by atoms with E-state index in [2.05, 4.69) is 24.7 Å². The van der Waals surface area contributed by atoms with Crippen molar-refractivity contribution >= 4 is 59.8 Å². The van der Waals surface area contributed by atoms with Crippen molar-refractivity contribution in [3.8, 4) is 0 Å². The van der Waals surface area contributed by atoms with Crippen LogP contribution < -0.4 is 15.4 Å². The lowest BCUT2D eigenvalue weighted by Gasteiger charge is -2.06. The lowest BCUT2D eigenvalue weighted by Crippen LogP contribution is -2.26. The number of carbonyl (C=O) groups excluding carboxylic acids is 1. The van der Waals surface area contributed by atoms with Gasteiger partial charge in [-0.1, -0.05) is 23.5 Å². The summed E-state index contributed by atoms with van der Waals surface area (Å²) in [5, 5.41) is 7.08. The molecule has 1 aromatic carbocycles. The van der Waals surface area contributed by atoms with Crippen LogP contribution in [0.1, 0.15) is 19.0 Å². The molecule has 0 aliphatic heterocycles. The third-order valence-electron chi connectivity index (χ3n) is 3.60. The summed E-state index contributed by atoms with van der Waals surface area (Å²) in [5.41, 5.74) is 0.364. The summed E-state index contributed by atoms with van der Waals surface area (Å²) in [5.74, 6) is 0.526. The highest BCUT2D eigenvalue weighted by atomic mass is 32.2. The normalized spacial score (nSPS) is 11.6. The Kier molecular flexibility index (Phi) is 6.05. The lowest BCUT2D eigenvalue weighted by molar-refractivity contribution is -0.114. The molecule has 1 amide bonds. The van der Waals surface area contributed by atoms with E-state index >= 15 is 0 Å². The lowest BCUT2D eigenvalue weighted by atomic mass is 10.2. The minimum Gasteiger partial charge on any atom is -0.369 e. The minimum atomic E-state index is -3.66. The van der Waals surface area contributed by atoms with Gasteiger partial charge in [-0.05, 0) is 37.0 Å². The Balaban J connectivity index is 1.52. The molecule has 11 heteroatoms. The van der Waals surface area contributed by atoms with Crippen LogP contribution in [-0.4, -0.2) is 36.8 Å². The maximum absolute atomic E-state index is 12.4. The van der Waals surface area contributed by atoms with Crippen molar-refractivity contribution < 1.29 is 13.2 Å². The van der Waals surface area contributed by atoms with Gasteiger partial charge in [-0.2, -0.15) is 4.37 Å². The van der Waals surface area contributed by atoms with Gasteiger partial charge in [0.05, 0.1) is 10.4 Å². The fourth-order valence-corrected chi connectivity index (χ4v) is 5.75. The van der Waals surface area contributed by atoms with Crippen molar-refractivity contribution in [2.75, 3.05) is 23.7 Å². The molecule has 3 aromatic rings. The van der Waals surface area contributed by atoms with Gasteiger partial charge in [0.2, 0.25) is 5.91 Å². The standard InChI is InChI=1S/C16H19N5O3S3/c1-10-15(25-16(19-10)20-11(2)22)27(23,24)18-9-5-8-17-14-12-6-3-4-7-13(12)26-21-14/h3-4,6-7,18H,5,8-9H2,1-2H3,(H,17,21)(H,19,20,22). The first-order valence-corrected chi connectivity index (χ1v) is 11.3. The zero-order valence-electron chi connectivity index (χ0n) is 14.8. The van der Waals surface area contributed by atoms with Crippen LogP contribution in [0.4, 0.5) is 10.9 Å². The Morgan fingerprint density at radius 1 is 1.22 bits per heavy atom. The second kappa shape index (κ2) is 8.30. The molecule has 0 atom stereocenters. The molecule has 144 valence electrons. The van der Waals surface area contributed by atoms with Crippen LogP contribution in [-0.2, 0) is 14.8 Å². The molecule has 0 bridgehead atoms. The molecule has 0 unspecified atom stereocenters. The van der Waals surface area contributed by atoms with Gasteiger partial charge < -0.3 is 10.6 Å². The number of amides is 1.